The highest BCUT2D eigenvalue weighted by molar-refractivity contribution is 5.80. The van der Waals surface area contributed by atoms with Crippen LogP contribution >= 0.6 is 0 Å². The monoisotopic (exact) mass is 324 g/mol. The molecule has 3 heterocycles. The van der Waals surface area contributed by atoms with Crippen LogP contribution in [0.5, 0.6) is 0 Å². The summed E-state index contributed by atoms with van der Waals surface area (Å²) in [5.41, 5.74) is 4.64. The Morgan fingerprint density at radius 2 is 1.96 bits per heavy atom. The van der Waals surface area contributed by atoms with Crippen LogP contribution in [0.2, 0.25) is 0 Å². The van der Waals surface area contributed by atoms with Gasteiger partial charge in [-0.3, -0.25) is 10.4 Å². The van der Waals surface area contributed by atoms with Crippen LogP contribution in [-0.4, -0.2) is 44.6 Å². The van der Waals surface area contributed by atoms with Crippen molar-refractivity contribution in [2.75, 3.05) is 20.6 Å². The van der Waals surface area contributed by atoms with Gasteiger partial charge >= 0.3 is 0 Å². The Bertz CT molecular complexity index is 905. The SMILES string of the molecule is Cc1c(C)n(CCN(C)C)c2ncn(Cc3ccccn3)c(=N)c12. The molecule has 0 aliphatic rings. The van der Waals surface area contributed by atoms with E-state index in [1.165, 1.54) is 5.69 Å². The second-order valence-corrected chi connectivity index (χ2v) is 6.41. The summed E-state index contributed by atoms with van der Waals surface area (Å²) in [7, 11) is 4.14. The summed E-state index contributed by atoms with van der Waals surface area (Å²) in [5, 5.41) is 9.56. The van der Waals surface area contributed by atoms with E-state index < -0.39 is 0 Å². The molecule has 0 aliphatic carbocycles. The third kappa shape index (κ3) is 2.97. The van der Waals surface area contributed by atoms with Gasteiger partial charge in [-0.15, -0.1) is 0 Å². The molecule has 3 rings (SSSR count). The zero-order chi connectivity index (χ0) is 17.3. The summed E-state index contributed by atoms with van der Waals surface area (Å²) in [6.07, 6.45) is 3.53. The maximum atomic E-state index is 8.63. The number of rotatable bonds is 5. The molecule has 0 saturated heterocycles. The summed E-state index contributed by atoms with van der Waals surface area (Å²) in [5.74, 6) is 0. The van der Waals surface area contributed by atoms with Crippen molar-refractivity contribution in [3.05, 3.63) is 53.2 Å². The van der Waals surface area contributed by atoms with Crippen LogP contribution < -0.4 is 5.49 Å². The van der Waals surface area contributed by atoms with Gasteiger partial charge in [0.2, 0.25) is 0 Å². The smallest absolute Gasteiger partial charge is 0.145 e. The topological polar surface area (TPSA) is 62.7 Å². The molecule has 126 valence electrons. The normalized spacial score (nSPS) is 11.5. The Balaban J connectivity index is 2.06. The lowest BCUT2D eigenvalue weighted by atomic mass is 10.2. The zero-order valence-electron chi connectivity index (χ0n) is 14.7. The van der Waals surface area contributed by atoms with E-state index >= 15 is 0 Å². The van der Waals surface area contributed by atoms with Crippen LogP contribution in [0.1, 0.15) is 17.0 Å². The molecule has 1 N–H and O–H groups in total. The van der Waals surface area contributed by atoms with E-state index in [1.807, 2.05) is 22.8 Å². The number of hydrogen-bond acceptors (Lipinski definition) is 4. The van der Waals surface area contributed by atoms with E-state index in [0.717, 1.165) is 35.4 Å². The number of hydrogen-bond donors (Lipinski definition) is 1. The summed E-state index contributed by atoms with van der Waals surface area (Å²) >= 11 is 0. The molecule has 0 radical (unpaired) electrons. The summed E-state index contributed by atoms with van der Waals surface area (Å²) in [6, 6.07) is 5.83. The van der Waals surface area contributed by atoms with Gasteiger partial charge in [-0.05, 0) is 45.6 Å². The maximum Gasteiger partial charge on any atom is 0.145 e. The van der Waals surface area contributed by atoms with Gasteiger partial charge in [0.1, 0.15) is 11.1 Å². The second-order valence-electron chi connectivity index (χ2n) is 6.41. The average molecular weight is 324 g/mol. The van der Waals surface area contributed by atoms with E-state index in [-0.39, 0.29) is 0 Å². The molecule has 3 aromatic rings. The van der Waals surface area contributed by atoms with Gasteiger partial charge in [0.15, 0.2) is 0 Å². The minimum Gasteiger partial charge on any atom is -0.328 e. The van der Waals surface area contributed by atoms with Crippen molar-refractivity contribution in [1.82, 2.24) is 24.0 Å². The van der Waals surface area contributed by atoms with E-state index in [0.29, 0.717) is 12.0 Å². The maximum absolute atomic E-state index is 8.63. The molecule has 0 spiro atoms. The van der Waals surface area contributed by atoms with E-state index in [9.17, 15) is 0 Å². The standard InChI is InChI=1S/C18H24N6/c1-13-14(2)24(10-9-22(3)4)18-16(13)17(19)23(12-21-18)11-15-7-5-6-8-20-15/h5-8,12,19H,9-11H2,1-4H3. The molecule has 6 heteroatoms. The molecule has 0 bridgehead atoms. The predicted molar refractivity (Wildman–Crippen MR) is 94.9 cm³/mol. The van der Waals surface area contributed by atoms with Crippen molar-refractivity contribution >= 4 is 11.0 Å². The average Bonchev–Trinajstić information content (AvgIpc) is 2.81. The molecule has 0 fully saturated rings. The fourth-order valence-corrected chi connectivity index (χ4v) is 2.95. The molecule has 0 amide bonds. The van der Waals surface area contributed by atoms with Crippen molar-refractivity contribution in [3.63, 3.8) is 0 Å². The van der Waals surface area contributed by atoms with Gasteiger partial charge in [-0.1, -0.05) is 6.07 Å². The van der Waals surface area contributed by atoms with Crippen LogP contribution in [0.25, 0.3) is 11.0 Å². The molecule has 0 aliphatic heterocycles. The van der Waals surface area contributed by atoms with Gasteiger partial charge in [0, 0.05) is 25.0 Å². The number of aromatic nitrogens is 4. The molecule has 0 atom stereocenters. The highest BCUT2D eigenvalue weighted by Crippen LogP contribution is 2.20. The number of fused-ring (bicyclic) bond motifs is 1. The first-order valence-electron chi connectivity index (χ1n) is 8.13. The molecule has 6 nitrogen and oxygen atoms in total. The number of pyridine rings is 1. The van der Waals surface area contributed by atoms with Crippen LogP contribution in [-0.2, 0) is 13.1 Å². The third-order valence-corrected chi connectivity index (χ3v) is 4.47. The molecular weight excluding hydrogens is 300 g/mol. The summed E-state index contributed by atoms with van der Waals surface area (Å²) in [4.78, 5) is 11.2. The molecule has 24 heavy (non-hydrogen) atoms. The predicted octanol–water partition coefficient (Wildman–Crippen LogP) is 1.94. The lowest BCUT2D eigenvalue weighted by Gasteiger charge is -2.13. The highest BCUT2D eigenvalue weighted by Gasteiger charge is 2.15. The van der Waals surface area contributed by atoms with Crippen molar-refractivity contribution < 1.29 is 0 Å². The first-order valence-corrected chi connectivity index (χ1v) is 8.13. The minimum absolute atomic E-state index is 0.495. The van der Waals surface area contributed by atoms with Gasteiger partial charge in [0.25, 0.3) is 0 Å². The number of nitrogens with one attached hydrogen (secondary N) is 1. The summed E-state index contributed by atoms with van der Waals surface area (Å²) in [6.45, 7) is 6.57. The Labute approximate surface area is 141 Å². The van der Waals surface area contributed by atoms with Crippen LogP contribution in [0.3, 0.4) is 0 Å². The number of aryl methyl sites for hydroxylation is 1. The Kier molecular flexibility index (Phi) is 4.49. The lowest BCUT2D eigenvalue weighted by molar-refractivity contribution is 0.384. The van der Waals surface area contributed by atoms with Crippen molar-refractivity contribution in [2.24, 2.45) is 0 Å². The lowest BCUT2D eigenvalue weighted by Crippen LogP contribution is -2.23. The first kappa shape index (κ1) is 16.4. The zero-order valence-corrected chi connectivity index (χ0v) is 14.7. The molecule has 3 aromatic heterocycles. The summed E-state index contributed by atoms with van der Waals surface area (Å²) < 4.78 is 4.07. The van der Waals surface area contributed by atoms with Crippen molar-refractivity contribution in [3.8, 4) is 0 Å². The molecular formula is C18H24N6. The fraction of sp³-hybridized carbons (Fsp3) is 0.389. The highest BCUT2D eigenvalue weighted by atomic mass is 15.1. The Hall–Kier alpha value is -2.47. The molecule has 0 aromatic carbocycles. The third-order valence-electron chi connectivity index (χ3n) is 4.47. The van der Waals surface area contributed by atoms with E-state index in [1.54, 1.807) is 12.5 Å². The number of likely N-dealkylation sites (N-methyl/N-ethyl adjacent to an activating group) is 1. The minimum atomic E-state index is 0.495. The van der Waals surface area contributed by atoms with E-state index in [4.69, 9.17) is 5.41 Å². The second kappa shape index (κ2) is 6.57. The van der Waals surface area contributed by atoms with Crippen LogP contribution in [0.15, 0.2) is 30.7 Å². The largest absolute Gasteiger partial charge is 0.328 e. The fourth-order valence-electron chi connectivity index (χ4n) is 2.95. The van der Waals surface area contributed by atoms with Crippen LogP contribution in [0.4, 0.5) is 0 Å². The quantitative estimate of drug-likeness (QED) is 0.780. The Morgan fingerprint density at radius 3 is 2.62 bits per heavy atom. The molecule has 0 saturated carbocycles. The van der Waals surface area contributed by atoms with Crippen molar-refractivity contribution in [1.29, 1.82) is 5.41 Å². The molecule has 0 unspecified atom stereocenters. The van der Waals surface area contributed by atoms with Gasteiger partial charge in [0.05, 0.1) is 24.0 Å². The van der Waals surface area contributed by atoms with Crippen molar-refractivity contribution in [2.45, 2.75) is 26.9 Å². The van der Waals surface area contributed by atoms with Crippen LogP contribution in [0, 0.1) is 19.3 Å². The Morgan fingerprint density at radius 1 is 1.17 bits per heavy atom. The first-order chi connectivity index (χ1) is 11.5. The van der Waals surface area contributed by atoms with Gasteiger partial charge < -0.3 is 14.0 Å². The van der Waals surface area contributed by atoms with E-state index in [2.05, 4.69) is 47.4 Å². The van der Waals surface area contributed by atoms with Gasteiger partial charge in [-0.2, -0.15) is 0 Å². The number of nitrogens with zero attached hydrogens (tertiary/aromatic N) is 5. The van der Waals surface area contributed by atoms with Gasteiger partial charge in [-0.25, -0.2) is 4.98 Å².